The molecule has 1 fully saturated rings. The fourth-order valence-electron chi connectivity index (χ4n) is 3.90. The molecule has 0 radical (unpaired) electrons. The molecular formula is C22H25F3. The normalized spacial score (nSPS) is 20.6. The number of benzene rings is 2. The topological polar surface area (TPSA) is 0 Å². The first-order valence-corrected chi connectivity index (χ1v) is 9.29. The van der Waals surface area contributed by atoms with Gasteiger partial charge in [-0.05, 0) is 73.1 Å². The lowest BCUT2D eigenvalue weighted by molar-refractivity contribution is 0.319. The molecule has 0 nitrogen and oxygen atoms in total. The van der Waals surface area contributed by atoms with Gasteiger partial charge < -0.3 is 0 Å². The highest BCUT2D eigenvalue weighted by molar-refractivity contribution is 5.27. The third-order valence-electron chi connectivity index (χ3n) is 5.67. The van der Waals surface area contributed by atoms with E-state index in [1.807, 2.05) is 0 Å². The van der Waals surface area contributed by atoms with Crippen LogP contribution in [0.4, 0.5) is 13.2 Å². The van der Waals surface area contributed by atoms with Crippen LogP contribution in [0, 0.1) is 23.4 Å². The van der Waals surface area contributed by atoms with E-state index in [0.717, 1.165) is 17.5 Å². The standard InChI is InChI=1S/C22H25F3/c1-2-15-3-8-17(9-4-15)18-10-5-16(6-11-18)7-12-19-13-14-20(23)22(25)21(19)24/h5-6,10-11,13-15,17H,2-4,7-9,12H2,1H3/t15-,17-. The zero-order valence-electron chi connectivity index (χ0n) is 14.7. The summed E-state index contributed by atoms with van der Waals surface area (Å²) in [5.74, 6) is -2.04. The van der Waals surface area contributed by atoms with Crippen LogP contribution in [0.5, 0.6) is 0 Å². The Morgan fingerprint density at radius 2 is 1.48 bits per heavy atom. The van der Waals surface area contributed by atoms with Gasteiger partial charge in [0.25, 0.3) is 0 Å². The first-order valence-electron chi connectivity index (χ1n) is 9.29. The average Bonchev–Trinajstić information content (AvgIpc) is 2.66. The molecule has 1 aliphatic rings. The van der Waals surface area contributed by atoms with Gasteiger partial charge in [-0.2, -0.15) is 0 Å². The summed E-state index contributed by atoms with van der Waals surface area (Å²) in [4.78, 5) is 0. The molecule has 0 aliphatic heterocycles. The molecule has 0 N–H and O–H groups in total. The molecule has 1 aliphatic carbocycles. The molecule has 3 heteroatoms. The van der Waals surface area contributed by atoms with Crippen molar-refractivity contribution in [2.24, 2.45) is 5.92 Å². The lowest BCUT2D eigenvalue weighted by Crippen LogP contribution is -2.12. The highest BCUT2D eigenvalue weighted by atomic mass is 19.2. The first kappa shape index (κ1) is 18.0. The van der Waals surface area contributed by atoms with E-state index in [-0.39, 0.29) is 5.56 Å². The van der Waals surface area contributed by atoms with E-state index >= 15 is 0 Å². The van der Waals surface area contributed by atoms with E-state index in [4.69, 9.17) is 0 Å². The summed E-state index contributed by atoms with van der Waals surface area (Å²) in [5, 5.41) is 0. The van der Waals surface area contributed by atoms with E-state index < -0.39 is 17.5 Å². The van der Waals surface area contributed by atoms with E-state index in [1.165, 1.54) is 43.7 Å². The highest BCUT2D eigenvalue weighted by Crippen LogP contribution is 2.36. The Kier molecular flexibility index (Phi) is 5.82. The number of hydrogen-bond donors (Lipinski definition) is 0. The summed E-state index contributed by atoms with van der Waals surface area (Å²) in [5.41, 5.74) is 2.70. The van der Waals surface area contributed by atoms with Crippen LogP contribution in [0.1, 0.15) is 61.6 Å². The molecular weight excluding hydrogens is 321 g/mol. The number of halogens is 3. The van der Waals surface area contributed by atoms with Gasteiger partial charge in [0, 0.05) is 0 Å². The summed E-state index contributed by atoms with van der Waals surface area (Å²) >= 11 is 0. The van der Waals surface area contributed by atoms with Gasteiger partial charge in [-0.3, -0.25) is 0 Å². The molecule has 2 aromatic rings. The summed E-state index contributed by atoms with van der Waals surface area (Å²) in [6, 6.07) is 10.8. The van der Waals surface area contributed by atoms with Crippen LogP contribution in [0.3, 0.4) is 0 Å². The van der Waals surface area contributed by atoms with Crippen molar-refractivity contribution >= 4 is 0 Å². The monoisotopic (exact) mass is 346 g/mol. The van der Waals surface area contributed by atoms with Crippen molar-refractivity contribution in [2.75, 3.05) is 0 Å². The molecule has 0 spiro atoms. The third kappa shape index (κ3) is 4.26. The second-order valence-corrected chi connectivity index (χ2v) is 7.20. The summed E-state index contributed by atoms with van der Waals surface area (Å²) in [7, 11) is 0. The van der Waals surface area contributed by atoms with Crippen LogP contribution in [-0.4, -0.2) is 0 Å². The smallest absolute Gasteiger partial charge is 0.194 e. The van der Waals surface area contributed by atoms with Crippen LogP contribution in [0.2, 0.25) is 0 Å². The molecule has 0 aromatic heterocycles. The minimum Gasteiger partial charge on any atom is -0.204 e. The van der Waals surface area contributed by atoms with Crippen molar-refractivity contribution in [1.82, 2.24) is 0 Å². The Bertz CT molecular complexity index is 698. The maximum atomic E-state index is 13.7. The van der Waals surface area contributed by atoms with E-state index in [1.54, 1.807) is 0 Å². The minimum absolute atomic E-state index is 0.223. The van der Waals surface area contributed by atoms with E-state index in [0.29, 0.717) is 18.8 Å². The van der Waals surface area contributed by atoms with Gasteiger partial charge >= 0.3 is 0 Å². The van der Waals surface area contributed by atoms with Gasteiger partial charge in [0.05, 0.1) is 0 Å². The maximum Gasteiger partial charge on any atom is 0.194 e. The molecule has 0 unspecified atom stereocenters. The van der Waals surface area contributed by atoms with Crippen LogP contribution in [0.25, 0.3) is 0 Å². The van der Waals surface area contributed by atoms with Crippen LogP contribution < -0.4 is 0 Å². The Labute approximate surface area is 148 Å². The second kappa shape index (κ2) is 8.07. The molecule has 134 valence electrons. The lowest BCUT2D eigenvalue weighted by atomic mass is 9.78. The van der Waals surface area contributed by atoms with Gasteiger partial charge in [0.1, 0.15) is 0 Å². The van der Waals surface area contributed by atoms with Crippen molar-refractivity contribution in [2.45, 2.75) is 57.8 Å². The van der Waals surface area contributed by atoms with E-state index in [2.05, 4.69) is 31.2 Å². The minimum atomic E-state index is -1.38. The summed E-state index contributed by atoms with van der Waals surface area (Å²) in [6.45, 7) is 2.27. The number of hydrogen-bond acceptors (Lipinski definition) is 0. The Morgan fingerprint density at radius 1 is 0.800 bits per heavy atom. The molecule has 0 amide bonds. The molecule has 2 aromatic carbocycles. The van der Waals surface area contributed by atoms with Crippen molar-refractivity contribution < 1.29 is 13.2 Å². The number of rotatable bonds is 5. The van der Waals surface area contributed by atoms with Gasteiger partial charge in [-0.25, -0.2) is 13.2 Å². The average molecular weight is 346 g/mol. The Balaban J connectivity index is 1.59. The van der Waals surface area contributed by atoms with Crippen LogP contribution in [0.15, 0.2) is 36.4 Å². The number of aryl methyl sites for hydroxylation is 2. The maximum absolute atomic E-state index is 13.7. The predicted molar refractivity (Wildman–Crippen MR) is 95.2 cm³/mol. The van der Waals surface area contributed by atoms with Crippen LogP contribution in [-0.2, 0) is 12.8 Å². The van der Waals surface area contributed by atoms with Gasteiger partial charge in [0.2, 0.25) is 0 Å². The van der Waals surface area contributed by atoms with Crippen molar-refractivity contribution in [3.8, 4) is 0 Å². The Morgan fingerprint density at radius 3 is 2.12 bits per heavy atom. The predicted octanol–water partition coefficient (Wildman–Crippen LogP) is 6.57. The quantitative estimate of drug-likeness (QED) is 0.537. The second-order valence-electron chi connectivity index (χ2n) is 7.20. The highest BCUT2D eigenvalue weighted by Gasteiger charge is 2.21. The molecule has 3 rings (SSSR count). The summed E-state index contributed by atoms with van der Waals surface area (Å²) in [6.07, 6.45) is 7.42. The van der Waals surface area contributed by atoms with E-state index in [9.17, 15) is 13.2 Å². The lowest BCUT2D eigenvalue weighted by Gasteiger charge is -2.28. The van der Waals surface area contributed by atoms with Crippen LogP contribution >= 0.6 is 0 Å². The fourth-order valence-corrected chi connectivity index (χ4v) is 3.90. The zero-order chi connectivity index (χ0) is 17.8. The van der Waals surface area contributed by atoms with Crippen molar-refractivity contribution in [1.29, 1.82) is 0 Å². The SMILES string of the molecule is CC[C@H]1CC[C@H](c2ccc(CCc3ccc(F)c(F)c3F)cc2)CC1. The fraction of sp³-hybridized carbons (Fsp3) is 0.455. The molecule has 0 saturated heterocycles. The summed E-state index contributed by atoms with van der Waals surface area (Å²) < 4.78 is 40.0. The van der Waals surface area contributed by atoms with Gasteiger partial charge in [-0.1, -0.05) is 43.7 Å². The first-order chi connectivity index (χ1) is 12.1. The van der Waals surface area contributed by atoms with Crippen molar-refractivity contribution in [3.63, 3.8) is 0 Å². The van der Waals surface area contributed by atoms with Gasteiger partial charge in [0.15, 0.2) is 17.5 Å². The van der Waals surface area contributed by atoms with Gasteiger partial charge in [-0.15, -0.1) is 0 Å². The molecule has 0 atom stereocenters. The Hall–Kier alpha value is -1.77. The zero-order valence-corrected chi connectivity index (χ0v) is 14.7. The molecule has 0 heterocycles. The third-order valence-corrected chi connectivity index (χ3v) is 5.67. The molecule has 0 bridgehead atoms. The largest absolute Gasteiger partial charge is 0.204 e. The van der Waals surface area contributed by atoms with Crippen molar-refractivity contribution in [3.05, 3.63) is 70.5 Å². The molecule has 1 saturated carbocycles. The molecule has 25 heavy (non-hydrogen) atoms.